The number of hydrogen-bond acceptors (Lipinski definition) is 6. The van der Waals surface area contributed by atoms with Crippen molar-refractivity contribution in [2.24, 2.45) is 0 Å². The molecule has 0 atom stereocenters. The topological polar surface area (TPSA) is 132 Å². The van der Waals surface area contributed by atoms with Gasteiger partial charge in [0.05, 0.1) is 70.4 Å². The first-order valence-electron chi connectivity index (χ1n) is 31.0. The molecular weight excluding hydrogens is 1090 g/mol. The van der Waals surface area contributed by atoms with E-state index in [0.29, 0.717) is 39.7 Å². The van der Waals surface area contributed by atoms with E-state index in [9.17, 15) is 28.8 Å². The minimum atomic E-state index is -1.43. The van der Waals surface area contributed by atoms with Gasteiger partial charge in [-0.25, -0.2) is 19.3 Å². The number of imide groups is 3. The van der Waals surface area contributed by atoms with E-state index in [0.717, 1.165) is 6.29 Å². The van der Waals surface area contributed by atoms with Crippen LogP contribution in [0.1, 0.15) is 302 Å². The number of aromatic amines is 1. The maximum atomic E-state index is 13.4. The molecule has 0 radical (unpaired) electrons. The predicted octanol–water partition coefficient (Wildman–Crippen LogP) is 20.4. The van der Waals surface area contributed by atoms with Gasteiger partial charge in [0.2, 0.25) is 6.33 Å². The molecule has 0 unspecified atom stereocenters. The van der Waals surface area contributed by atoms with Crippen molar-refractivity contribution in [2.45, 2.75) is 247 Å². The van der Waals surface area contributed by atoms with E-state index >= 15 is 0 Å². The van der Waals surface area contributed by atoms with Crippen LogP contribution < -0.4 is 4.57 Å². The Bertz CT molecular complexity index is 2350. The zero-order valence-corrected chi connectivity index (χ0v) is 51.4. The number of carbonyl (C=O) groups excluding carboxylic acids is 6. The summed E-state index contributed by atoms with van der Waals surface area (Å²) in [4.78, 5) is 83.7. The lowest BCUT2D eigenvalue weighted by Crippen LogP contribution is -2.44. The largest absolute Gasteiger partial charge is 0.268 e. The summed E-state index contributed by atoms with van der Waals surface area (Å²) in [5.74, 6) is -0.708. The summed E-state index contributed by atoms with van der Waals surface area (Å²) in [5, 5.41) is 0. The number of nitrogens with zero attached hydrogens (tertiary/aromatic N) is 4. The molecule has 85 heavy (non-hydrogen) atoms. The molecule has 0 aliphatic carbocycles. The number of fused-ring (bicyclic) bond motifs is 3. The second-order valence-corrected chi connectivity index (χ2v) is 31.3. The maximum Gasteiger partial charge on any atom is 0.264 e. The van der Waals surface area contributed by atoms with Crippen molar-refractivity contribution in [1.82, 2.24) is 19.7 Å². The van der Waals surface area contributed by atoms with Gasteiger partial charge in [0.15, 0.2) is 6.67 Å². The third-order valence-corrected chi connectivity index (χ3v) is 25.7. The van der Waals surface area contributed by atoms with Gasteiger partial charge in [-0.05, 0) is 94.2 Å². The van der Waals surface area contributed by atoms with E-state index in [1.165, 1.54) is 196 Å². The third-order valence-electron chi connectivity index (χ3n) is 16.3. The Hall–Kier alpha value is -4.85. The Labute approximate surface area is 521 Å². The fraction of sp³-hybridized carbons (Fsp3) is 0.625. The smallest absolute Gasteiger partial charge is 0.264 e. The van der Waals surface area contributed by atoms with Gasteiger partial charge < -0.3 is 0 Å². The van der Waals surface area contributed by atoms with Gasteiger partial charge in [0.1, 0.15) is 25.0 Å². The third kappa shape index (κ3) is 24.3. The summed E-state index contributed by atoms with van der Waals surface area (Å²) in [7, 11) is -2.74. The molecule has 6 amide bonds. The summed E-state index contributed by atoms with van der Waals surface area (Å²) in [6.45, 7) is 13.8. The van der Waals surface area contributed by atoms with Crippen LogP contribution >= 0.6 is 14.5 Å². The van der Waals surface area contributed by atoms with Crippen molar-refractivity contribution in [1.29, 1.82) is 0 Å². The number of unbranched alkanes of at least 4 members (excludes halogenated alkanes) is 18. The average molecular weight is 1220 g/mol. The van der Waals surface area contributed by atoms with Crippen molar-refractivity contribution in [3.8, 4) is 0 Å². The van der Waals surface area contributed by atoms with Crippen molar-refractivity contribution in [3.05, 3.63) is 125 Å². The molecular formula is C72H124N5O6P2+3. The number of nitrogens with one attached hydrogen (secondary N) is 1. The Morgan fingerprint density at radius 3 is 0.812 bits per heavy atom. The van der Waals surface area contributed by atoms with Crippen LogP contribution in [0.2, 0.25) is 0 Å². The Morgan fingerprint density at radius 2 is 0.565 bits per heavy atom. The SMILES string of the molecule is C.C.C.C.C.C.CCCCCCCC[P+](CCCCCCCC)(CCCCCCCC)CN1C(=O)c2ccccc2C1=O.CCCC[P+](CCCC)(CCCC)CN1C(=O)c2ccccc2C1=O.O=C1c2ccccc2C(=O)N1C[n+]1cc[nH]c1. The highest BCUT2D eigenvalue weighted by atomic mass is 31.2. The van der Waals surface area contributed by atoms with E-state index in [-0.39, 0.29) is 86.7 Å². The molecule has 4 heterocycles. The molecule has 3 aliphatic heterocycles. The van der Waals surface area contributed by atoms with E-state index < -0.39 is 14.5 Å². The van der Waals surface area contributed by atoms with Crippen LogP contribution in [0.25, 0.3) is 0 Å². The molecule has 4 aromatic rings. The number of rotatable bonds is 36. The van der Waals surface area contributed by atoms with Crippen LogP contribution in [0, 0.1) is 0 Å². The lowest BCUT2D eigenvalue weighted by atomic mass is 10.1. The van der Waals surface area contributed by atoms with Gasteiger partial charge >= 0.3 is 0 Å². The van der Waals surface area contributed by atoms with E-state index in [1.54, 1.807) is 69.5 Å². The minimum Gasteiger partial charge on any atom is -0.268 e. The minimum absolute atomic E-state index is 0. The van der Waals surface area contributed by atoms with Gasteiger partial charge in [-0.1, -0.05) is 219 Å². The first-order valence-corrected chi connectivity index (χ1v) is 36.1. The number of aromatic nitrogens is 2. The normalized spacial score (nSPS) is 12.9. The molecule has 0 saturated carbocycles. The molecule has 11 nitrogen and oxygen atoms in total. The van der Waals surface area contributed by atoms with Crippen molar-refractivity contribution < 1.29 is 33.3 Å². The highest BCUT2D eigenvalue weighted by Crippen LogP contribution is 2.63. The fourth-order valence-electron chi connectivity index (χ4n) is 11.5. The van der Waals surface area contributed by atoms with Crippen molar-refractivity contribution >= 4 is 50.0 Å². The van der Waals surface area contributed by atoms with Gasteiger partial charge in [-0.3, -0.25) is 33.8 Å². The van der Waals surface area contributed by atoms with Crippen LogP contribution in [0.5, 0.6) is 0 Å². The number of benzene rings is 3. The predicted molar refractivity (Wildman–Crippen MR) is 370 cm³/mol. The zero-order valence-electron chi connectivity index (χ0n) is 49.6. The highest BCUT2D eigenvalue weighted by molar-refractivity contribution is 7.76. The highest BCUT2D eigenvalue weighted by Gasteiger charge is 2.47. The Morgan fingerprint density at radius 1 is 0.329 bits per heavy atom. The number of hydrogen-bond donors (Lipinski definition) is 1. The lowest BCUT2D eigenvalue weighted by molar-refractivity contribution is -0.708. The standard InChI is InChI=1S/C33H57NO2P.C21H33NO2P.C12H9N3O2.6CH4/c1-4-7-10-13-16-21-26-37(27-22-17-14-11-8-5-2,28-23-18-15-12-9-6-3)29-34-32(35)30-24-19-20-25-31(30)33(34)36;1-4-7-14-25(15-8-5-2,16-9-6-3)17-22-20(23)18-12-10-11-13-19(18)21(22)24;16-11-9-3-1-2-4-10(9)12(17)15(11)8-14-6-5-13-7-14;;;;;;/h19-20,24-25H,4-18,21-23,26-29H2,1-3H3;10-13H,4-9,14-17H2,1-3H3;1-7H,8H2;6*1H4/q2*+1;;;;;;;/p+1. The van der Waals surface area contributed by atoms with Gasteiger partial charge in [0, 0.05) is 14.5 Å². The molecule has 0 fully saturated rings. The monoisotopic (exact) mass is 1220 g/mol. The molecule has 1 N–H and O–H groups in total. The molecule has 0 saturated heterocycles. The van der Waals surface area contributed by atoms with Crippen LogP contribution in [-0.2, 0) is 6.67 Å². The van der Waals surface area contributed by atoms with E-state index in [1.807, 2.05) is 36.4 Å². The molecule has 1 aromatic heterocycles. The molecule has 7 rings (SSSR count). The number of amides is 6. The number of imidazole rings is 1. The van der Waals surface area contributed by atoms with Crippen LogP contribution in [0.15, 0.2) is 91.5 Å². The summed E-state index contributed by atoms with van der Waals surface area (Å²) < 4.78 is 1.74. The van der Waals surface area contributed by atoms with E-state index in [2.05, 4.69) is 46.5 Å². The molecule has 13 heteroatoms. The second-order valence-electron chi connectivity index (χ2n) is 22.7. The summed E-state index contributed by atoms with van der Waals surface area (Å²) in [5.41, 5.74) is 3.37. The van der Waals surface area contributed by atoms with Crippen LogP contribution in [-0.4, -0.2) is 105 Å². The summed E-state index contributed by atoms with van der Waals surface area (Å²) >= 11 is 0. The van der Waals surface area contributed by atoms with Gasteiger partial charge in [0.25, 0.3) is 35.4 Å². The molecule has 0 bridgehead atoms. The first kappa shape index (κ1) is 82.2. The fourth-order valence-corrected chi connectivity index (χ4v) is 21.1. The Balaban J connectivity index is 0. The van der Waals surface area contributed by atoms with Crippen molar-refractivity contribution in [2.75, 3.05) is 49.5 Å². The van der Waals surface area contributed by atoms with Crippen LogP contribution in [0.4, 0.5) is 0 Å². The first-order chi connectivity index (χ1) is 38.4. The molecule has 480 valence electrons. The van der Waals surface area contributed by atoms with E-state index in [4.69, 9.17) is 0 Å². The molecule has 3 aliphatic rings. The number of carbonyl (C=O) groups is 6. The molecule has 3 aromatic carbocycles. The maximum absolute atomic E-state index is 13.4. The molecule has 0 spiro atoms. The number of H-pyrrole nitrogens is 1. The summed E-state index contributed by atoms with van der Waals surface area (Å²) in [6, 6.07) is 21.6. The average Bonchev–Trinajstić information content (AvgIpc) is 2.89. The Kier molecular flexibility index (Phi) is 43.1. The van der Waals surface area contributed by atoms with Crippen molar-refractivity contribution in [3.63, 3.8) is 0 Å². The summed E-state index contributed by atoms with van der Waals surface area (Å²) in [6.07, 6.45) is 44.8. The second kappa shape index (κ2) is 44.6. The van der Waals surface area contributed by atoms with Gasteiger partial charge in [-0.15, -0.1) is 0 Å². The van der Waals surface area contributed by atoms with Gasteiger partial charge in [-0.2, -0.15) is 0 Å². The quantitative estimate of drug-likeness (QED) is 0.0209. The van der Waals surface area contributed by atoms with Crippen LogP contribution in [0.3, 0.4) is 0 Å². The lowest BCUT2D eigenvalue weighted by Gasteiger charge is -2.31. The zero-order chi connectivity index (χ0) is 56.9.